The van der Waals surface area contributed by atoms with E-state index in [1.807, 2.05) is 17.9 Å². The second kappa shape index (κ2) is 9.52. The zero-order chi connectivity index (χ0) is 20.9. The summed E-state index contributed by atoms with van der Waals surface area (Å²) < 4.78 is 23.3. The number of amides is 1. The lowest BCUT2D eigenvalue weighted by Gasteiger charge is -2.23. The van der Waals surface area contributed by atoms with Crippen LogP contribution in [0.3, 0.4) is 0 Å². The van der Waals surface area contributed by atoms with Crippen molar-refractivity contribution in [3.05, 3.63) is 65.2 Å². The van der Waals surface area contributed by atoms with E-state index in [1.165, 1.54) is 17.7 Å². The Kier molecular flexibility index (Phi) is 7.05. The van der Waals surface area contributed by atoms with Gasteiger partial charge in [0.05, 0.1) is 4.90 Å². The molecule has 0 aliphatic carbocycles. The number of hydrogen-bond acceptors (Lipinski definition) is 4. The first-order chi connectivity index (χ1) is 13.8. The van der Waals surface area contributed by atoms with Crippen LogP contribution in [0.4, 0.5) is 0 Å². The molecule has 0 radical (unpaired) electrons. The molecule has 0 saturated carbocycles. The lowest BCUT2D eigenvalue weighted by atomic mass is 10.1. The minimum Gasteiger partial charge on any atom is -0.337 e. The molecule has 1 aliphatic heterocycles. The van der Waals surface area contributed by atoms with Crippen molar-refractivity contribution in [2.24, 2.45) is 5.14 Å². The molecule has 0 unspecified atom stereocenters. The summed E-state index contributed by atoms with van der Waals surface area (Å²) in [4.78, 5) is 17.2. The van der Waals surface area contributed by atoms with E-state index in [0.717, 1.165) is 44.5 Å². The van der Waals surface area contributed by atoms with Gasteiger partial charge in [0.15, 0.2) is 0 Å². The van der Waals surface area contributed by atoms with E-state index in [2.05, 4.69) is 29.2 Å². The van der Waals surface area contributed by atoms with Gasteiger partial charge >= 0.3 is 0 Å². The topological polar surface area (TPSA) is 83.7 Å². The van der Waals surface area contributed by atoms with Crippen LogP contribution >= 0.6 is 0 Å². The van der Waals surface area contributed by atoms with Gasteiger partial charge in [0, 0.05) is 25.2 Å². The van der Waals surface area contributed by atoms with E-state index in [9.17, 15) is 13.2 Å². The van der Waals surface area contributed by atoms with Crippen molar-refractivity contribution < 1.29 is 13.2 Å². The molecule has 0 bridgehead atoms. The smallest absolute Gasteiger partial charge is 0.254 e. The molecule has 0 spiro atoms. The monoisotopic (exact) mass is 415 g/mol. The number of nitrogens with two attached hydrogens (primary N) is 1. The summed E-state index contributed by atoms with van der Waals surface area (Å²) in [7, 11) is -3.83. The number of rotatable bonds is 6. The maximum atomic E-state index is 13.0. The van der Waals surface area contributed by atoms with Crippen LogP contribution in [0, 0.1) is 6.92 Å². The van der Waals surface area contributed by atoms with E-state index in [1.54, 1.807) is 6.07 Å². The van der Waals surface area contributed by atoms with E-state index in [4.69, 9.17) is 5.14 Å². The molecule has 1 fully saturated rings. The van der Waals surface area contributed by atoms with E-state index >= 15 is 0 Å². The second-order valence-corrected chi connectivity index (χ2v) is 9.16. The summed E-state index contributed by atoms with van der Waals surface area (Å²) in [6, 6.07) is 15.0. The molecular weight excluding hydrogens is 386 g/mol. The van der Waals surface area contributed by atoms with Crippen LogP contribution in [0.2, 0.25) is 0 Å². The molecule has 29 heavy (non-hydrogen) atoms. The predicted molar refractivity (Wildman–Crippen MR) is 114 cm³/mol. The summed E-state index contributed by atoms with van der Waals surface area (Å²) in [6.07, 6.45) is 3.05. The zero-order valence-corrected chi connectivity index (χ0v) is 17.7. The summed E-state index contributed by atoms with van der Waals surface area (Å²) in [5.74, 6) is -0.126. The third-order valence-electron chi connectivity index (χ3n) is 5.43. The number of hydrogen-bond donors (Lipinski definition) is 1. The fourth-order valence-electron chi connectivity index (χ4n) is 3.73. The highest BCUT2D eigenvalue weighted by Crippen LogP contribution is 2.18. The largest absolute Gasteiger partial charge is 0.337 e. The molecule has 1 amide bonds. The minimum atomic E-state index is -3.83. The van der Waals surface area contributed by atoms with Crippen LogP contribution in [0.15, 0.2) is 53.4 Å². The van der Waals surface area contributed by atoms with Gasteiger partial charge < -0.3 is 9.80 Å². The summed E-state index contributed by atoms with van der Waals surface area (Å²) in [5, 5.41) is 5.23. The van der Waals surface area contributed by atoms with Crippen LogP contribution < -0.4 is 5.14 Å². The van der Waals surface area contributed by atoms with Gasteiger partial charge in [0.25, 0.3) is 5.91 Å². The molecule has 2 aromatic rings. The Morgan fingerprint density at radius 1 is 1.03 bits per heavy atom. The average molecular weight is 416 g/mol. The molecule has 3 rings (SSSR count). The van der Waals surface area contributed by atoms with Gasteiger partial charge in [0.1, 0.15) is 0 Å². The third kappa shape index (κ3) is 5.88. The molecule has 1 saturated heterocycles. The molecule has 0 atom stereocenters. The Balaban J connectivity index is 1.58. The number of benzene rings is 2. The number of sulfonamides is 1. The third-order valence-corrected chi connectivity index (χ3v) is 6.34. The zero-order valence-electron chi connectivity index (χ0n) is 16.9. The Morgan fingerprint density at radius 2 is 1.79 bits per heavy atom. The highest BCUT2D eigenvalue weighted by atomic mass is 32.2. The van der Waals surface area contributed by atoms with E-state index < -0.39 is 10.0 Å². The van der Waals surface area contributed by atoms with Crippen molar-refractivity contribution in [3.63, 3.8) is 0 Å². The lowest BCUT2D eigenvalue weighted by molar-refractivity contribution is 0.0760. The van der Waals surface area contributed by atoms with Gasteiger partial charge in [-0.15, -0.1) is 0 Å². The summed E-state index contributed by atoms with van der Waals surface area (Å²) in [6.45, 7) is 5.93. The Labute approximate surface area is 173 Å². The lowest BCUT2D eigenvalue weighted by Crippen LogP contribution is -2.36. The van der Waals surface area contributed by atoms with Crippen molar-refractivity contribution in [3.8, 4) is 0 Å². The fourth-order valence-corrected chi connectivity index (χ4v) is 4.27. The summed E-state index contributed by atoms with van der Waals surface area (Å²) in [5.41, 5.74) is 2.52. The standard InChI is InChI=1S/C22H29N3O3S/c1-18-10-11-20(29(23,27)28)17-21(18)22(26)25-14-6-13-24(15-16-25)12-5-9-19-7-3-2-4-8-19/h2-4,7-8,10-11,17H,5-6,9,12-16H2,1H3,(H2,23,27,28). The van der Waals surface area contributed by atoms with Crippen LogP contribution in [-0.2, 0) is 16.4 Å². The molecule has 1 heterocycles. The molecule has 2 aromatic carbocycles. The number of aryl methyl sites for hydroxylation is 2. The molecule has 7 heteroatoms. The quantitative estimate of drug-likeness (QED) is 0.785. The number of carbonyl (C=O) groups is 1. The van der Waals surface area contributed by atoms with E-state index in [0.29, 0.717) is 18.7 Å². The van der Waals surface area contributed by atoms with Crippen molar-refractivity contribution in [2.45, 2.75) is 31.1 Å². The number of nitrogens with zero attached hydrogens (tertiary/aromatic N) is 2. The van der Waals surface area contributed by atoms with Crippen LogP contribution in [0.5, 0.6) is 0 Å². The first-order valence-electron chi connectivity index (χ1n) is 10.0. The molecule has 0 aromatic heterocycles. The Morgan fingerprint density at radius 3 is 2.52 bits per heavy atom. The van der Waals surface area contributed by atoms with Crippen molar-refractivity contribution in [1.82, 2.24) is 9.80 Å². The first-order valence-corrected chi connectivity index (χ1v) is 11.6. The van der Waals surface area contributed by atoms with Gasteiger partial charge in [-0.2, -0.15) is 0 Å². The van der Waals surface area contributed by atoms with Crippen LogP contribution in [-0.4, -0.2) is 56.8 Å². The highest BCUT2D eigenvalue weighted by Gasteiger charge is 2.22. The van der Waals surface area contributed by atoms with Crippen molar-refractivity contribution >= 4 is 15.9 Å². The minimum absolute atomic E-state index is 0.0242. The van der Waals surface area contributed by atoms with Crippen molar-refractivity contribution in [2.75, 3.05) is 32.7 Å². The maximum absolute atomic E-state index is 13.0. The Bertz CT molecular complexity index is 945. The molecule has 1 aliphatic rings. The van der Waals surface area contributed by atoms with Crippen LogP contribution in [0.1, 0.15) is 34.3 Å². The highest BCUT2D eigenvalue weighted by molar-refractivity contribution is 7.89. The number of carbonyl (C=O) groups excluding carboxylic acids is 1. The molecule has 156 valence electrons. The molecule has 6 nitrogen and oxygen atoms in total. The van der Waals surface area contributed by atoms with Gasteiger partial charge in [-0.25, -0.2) is 13.6 Å². The van der Waals surface area contributed by atoms with Gasteiger partial charge in [-0.1, -0.05) is 36.4 Å². The van der Waals surface area contributed by atoms with Gasteiger partial charge in [-0.3, -0.25) is 4.79 Å². The summed E-state index contributed by atoms with van der Waals surface area (Å²) >= 11 is 0. The van der Waals surface area contributed by atoms with Gasteiger partial charge in [-0.05, 0) is 62.5 Å². The SMILES string of the molecule is Cc1ccc(S(N)(=O)=O)cc1C(=O)N1CCCN(CCCc2ccccc2)CC1. The second-order valence-electron chi connectivity index (χ2n) is 7.60. The predicted octanol–water partition coefficient (Wildman–Crippen LogP) is 2.42. The van der Waals surface area contributed by atoms with E-state index in [-0.39, 0.29) is 10.8 Å². The van der Waals surface area contributed by atoms with Crippen LogP contribution in [0.25, 0.3) is 0 Å². The maximum Gasteiger partial charge on any atom is 0.254 e. The average Bonchev–Trinajstić information content (AvgIpc) is 2.93. The normalized spacial score (nSPS) is 15.9. The van der Waals surface area contributed by atoms with Gasteiger partial charge in [0.2, 0.25) is 10.0 Å². The molecular formula is C22H29N3O3S. The Hall–Kier alpha value is -2.22. The molecule has 2 N–H and O–H groups in total. The number of primary sulfonamides is 1. The fraction of sp³-hybridized carbons (Fsp3) is 0.409. The van der Waals surface area contributed by atoms with Crippen molar-refractivity contribution in [1.29, 1.82) is 0 Å². The first kappa shape index (κ1) is 21.5.